The highest BCUT2D eigenvalue weighted by Crippen LogP contribution is 2.35. The van der Waals surface area contributed by atoms with Crippen LogP contribution >= 0.6 is 0 Å². The van der Waals surface area contributed by atoms with Gasteiger partial charge in [-0.15, -0.1) is 0 Å². The smallest absolute Gasteiger partial charge is 0.101 e. The molecule has 0 bridgehead atoms. The first kappa shape index (κ1) is 15.0. The lowest BCUT2D eigenvalue weighted by Gasteiger charge is -2.12. The summed E-state index contributed by atoms with van der Waals surface area (Å²) < 4.78 is 0. The van der Waals surface area contributed by atoms with Crippen molar-refractivity contribution < 1.29 is 0 Å². The predicted molar refractivity (Wildman–Crippen MR) is 99.9 cm³/mol. The van der Waals surface area contributed by atoms with Crippen LogP contribution in [0.5, 0.6) is 0 Å². The zero-order valence-electron chi connectivity index (χ0n) is 13.8. The van der Waals surface area contributed by atoms with Gasteiger partial charge in [0.05, 0.1) is 11.1 Å². The summed E-state index contributed by atoms with van der Waals surface area (Å²) in [6.07, 6.45) is 3.44. The minimum atomic E-state index is 0.570. The largest absolute Gasteiger partial charge is 0.263 e. The molecule has 0 amide bonds. The van der Waals surface area contributed by atoms with E-state index < -0.39 is 0 Å². The second-order valence-electron chi connectivity index (χ2n) is 5.95. The van der Waals surface area contributed by atoms with Crippen LogP contribution in [0.25, 0.3) is 33.2 Å². The van der Waals surface area contributed by atoms with Crippen molar-refractivity contribution in [3.05, 3.63) is 84.3 Å². The molecule has 0 fully saturated rings. The summed E-state index contributed by atoms with van der Waals surface area (Å²) in [5.74, 6) is 0. The van der Waals surface area contributed by atoms with Gasteiger partial charge in [-0.1, -0.05) is 48.5 Å². The van der Waals surface area contributed by atoms with Crippen molar-refractivity contribution in [3.8, 4) is 28.3 Å². The molecule has 0 aliphatic rings. The summed E-state index contributed by atoms with van der Waals surface area (Å²) >= 11 is 0. The number of hydrogen-bond donors (Lipinski definition) is 0. The normalized spacial score (nSPS) is 10.6. The predicted octanol–water partition coefficient (Wildman–Crippen LogP) is 5.14. The lowest BCUT2D eigenvalue weighted by molar-refractivity contribution is 1.25. The fraction of sp³-hybridized carbons (Fsp3) is 0.0455. The molecule has 118 valence electrons. The van der Waals surface area contributed by atoms with Crippen molar-refractivity contribution in [1.82, 2.24) is 9.97 Å². The standard InChI is InChI=1S/C22H15N3/c1-15-7-8-16-9-10-18(11-21(16)25-15)20-14-24-13-19(12-23)22(20)17-5-3-2-4-6-17/h2-11,13-14H,1H3. The Morgan fingerprint density at radius 1 is 0.880 bits per heavy atom. The number of rotatable bonds is 2. The molecule has 0 spiro atoms. The third kappa shape index (κ3) is 2.75. The van der Waals surface area contributed by atoms with Crippen molar-refractivity contribution >= 4 is 10.9 Å². The molecule has 0 radical (unpaired) electrons. The Labute approximate surface area is 146 Å². The van der Waals surface area contributed by atoms with E-state index in [9.17, 15) is 5.26 Å². The fourth-order valence-electron chi connectivity index (χ4n) is 3.07. The summed E-state index contributed by atoms with van der Waals surface area (Å²) in [4.78, 5) is 8.89. The first-order valence-electron chi connectivity index (χ1n) is 8.07. The van der Waals surface area contributed by atoms with Crippen molar-refractivity contribution in [3.63, 3.8) is 0 Å². The molecule has 0 saturated heterocycles. The molecular weight excluding hydrogens is 306 g/mol. The van der Waals surface area contributed by atoms with Gasteiger partial charge >= 0.3 is 0 Å². The van der Waals surface area contributed by atoms with Gasteiger partial charge in [-0.2, -0.15) is 5.26 Å². The molecule has 2 heterocycles. The molecule has 2 aromatic carbocycles. The van der Waals surface area contributed by atoms with Crippen LogP contribution in [-0.2, 0) is 0 Å². The Morgan fingerprint density at radius 2 is 1.68 bits per heavy atom. The SMILES string of the molecule is Cc1ccc2ccc(-c3cncc(C#N)c3-c3ccccc3)cc2n1. The van der Waals surface area contributed by atoms with E-state index in [1.807, 2.05) is 49.5 Å². The van der Waals surface area contributed by atoms with Crippen LogP contribution in [0.1, 0.15) is 11.3 Å². The van der Waals surface area contributed by atoms with Gasteiger partial charge in [-0.3, -0.25) is 9.97 Å². The molecule has 3 heteroatoms. The number of benzene rings is 2. The molecule has 2 aromatic heterocycles. The second-order valence-corrected chi connectivity index (χ2v) is 5.95. The van der Waals surface area contributed by atoms with Crippen LogP contribution in [-0.4, -0.2) is 9.97 Å². The summed E-state index contributed by atoms with van der Waals surface area (Å²) in [5.41, 5.74) is 6.36. The molecular formula is C22H15N3. The Morgan fingerprint density at radius 3 is 2.48 bits per heavy atom. The van der Waals surface area contributed by atoms with E-state index in [-0.39, 0.29) is 0 Å². The van der Waals surface area contributed by atoms with Crippen LogP contribution in [0, 0.1) is 18.3 Å². The van der Waals surface area contributed by atoms with E-state index in [1.54, 1.807) is 6.20 Å². The molecule has 0 saturated carbocycles. The third-order valence-corrected chi connectivity index (χ3v) is 4.27. The van der Waals surface area contributed by atoms with Gasteiger partial charge in [0.25, 0.3) is 0 Å². The molecule has 0 aliphatic carbocycles. The molecule has 0 unspecified atom stereocenters. The molecule has 25 heavy (non-hydrogen) atoms. The van der Waals surface area contributed by atoms with Crippen LogP contribution < -0.4 is 0 Å². The average molecular weight is 321 g/mol. The van der Waals surface area contributed by atoms with E-state index in [2.05, 4.69) is 40.3 Å². The van der Waals surface area contributed by atoms with Crippen molar-refractivity contribution in [2.24, 2.45) is 0 Å². The third-order valence-electron chi connectivity index (χ3n) is 4.27. The number of hydrogen-bond acceptors (Lipinski definition) is 3. The Bertz CT molecular complexity index is 1110. The Hall–Kier alpha value is -3.51. The minimum absolute atomic E-state index is 0.570. The second kappa shape index (κ2) is 6.18. The summed E-state index contributed by atoms with van der Waals surface area (Å²) in [6, 6.07) is 22.5. The van der Waals surface area contributed by atoms with Crippen LogP contribution in [0.3, 0.4) is 0 Å². The number of nitriles is 1. The zero-order chi connectivity index (χ0) is 17.2. The zero-order valence-corrected chi connectivity index (χ0v) is 13.8. The van der Waals surface area contributed by atoms with Gasteiger partial charge in [0.2, 0.25) is 0 Å². The summed E-state index contributed by atoms with van der Waals surface area (Å²) in [5, 5.41) is 10.7. The summed E-state index contributed by atoms with van der Waals surface area (Å²) in [7, 11) is 0. The minimum Gasteiger partial charge on any atom is -0.263 e. The Kier molecular flexibility index (Phi) is 3.72. The highest BCUT2D eigenvalue weighted by Gasteiger charge is 2.13. The van der Waals surface area contributed by atoms with Gasteiger partial charge in [-0.05, 0) is 30.2 Å². The van der Waals surface area contributed by atoms with Crippen molar-refractivity contribution in [2.45, 2.75) is 6.92 Å². The first-order chi connectivity index (χ1) is 12.3. The monoisotopic (exact) mass is 321 g/mol. The number of pyridine rings is 2. The molecule has 0 N–H and O–H groups in total. The Balaban J connectivity index is 1.99. The number of aryl methyl sites for hydroxylation is 1. The molecule has 0 atom stereocenters. The number of aromatic nitrogens is 2. The van der Waals surface area contributed by atoms with Gasteiger partial charge in [0, 0.05) is 34.6 Å². The summed E-state index contributed by atoms with van der Waals surface area (Å²) in [6.45, 7) is 1.99. The molecule has 3 nitrogen and oxygen atoms in total. The maximum Gasteiger partial charge on any atom is 0.101 e. The quantitative estimate of drug-likeness (QED) is 0.513. The maximum atomic E-state index is 9.56. The van der Waals surface area contributed by atoms with Crippen molar-refractivity contribution in [2.75, 3.05) is 0 Å². The lowest BCUT2D eigenvalue weighted by atomic mass is 9.92. The van der Waals surface area contributed by atoms with Gasteiger partial charge in [-0.25, -0.2) is 0 Å². The van der Waals surface area contributed by atoms with Crippen LogP contribution in [0.4, 0.5) is 0 Å². The highest BCUT2D eigenvalue weighted by atomic mass is 14.7. The van der Waals surface area contributed by atoms with E-state index in [1.165, 1.54) is 0 Å². The fourth-order valence-corrected chi connectivity index (χ4v) is 3.07. The number of fused-ring (bicyclic) bond motifs is 1. The topological polar surface area (TPSA) is 49.6 Å². The van der Waals surface area contributed by atoms with E-state index in [0.29, 0.717) is 5.56 Å². The average Bonchev–Trinajstić information content (AvgIpc) is 2.67. The molecule has 0 aliphatic heterocycles. The molecule has 4 rings (SSSR count). The van der Waals surface area contributed by atoms with Gasteiger partial charge in [0.15, 0.2) is 0 Å². The van der Waals surface area contributed by atoms with Crippen LogP contribution in [0.15, 0.2) is 73.1 Å². The highest BCUT2D eigenvalue weighted by molar-refractivity contribution is 5.91. The molecule has 4 aromatic rings. The maximum absolute atomic E-state index is 9.56. The van der Waals surface area contributed by atoms with Crippen LogP contribution in [0.2, 0.25) is 0 Å². The van der Waals surface area contributed by atoms with Crippen molar-refractivity contribution in [1.29, 1.82) is 5.26 Å². The van der Waals surface area contributed by atoms with E-state index in [0.717, 1.165) is 38.9 Å². The lowest BCUT2D eigenvalue weighted by Crippen LogP contribution is -1.92. The first-order valence-corrected chi connectivity index (χ1v) is 8.07. The van der Waals surface area contributed by atoms with Gasteiger partial charge < -0.3 is 0 Å². The van der Waals surface area contributed by atoms with E-state index >= 15 is 0 Å². The number of nitrogens with zero attached hydrogens (tertiary/aromatic N) is 3. The van der Waals surface area contributed by atoms with Gasteiger partial charge in [0.1, 0.15) is 6.07 Å². The van der Waals surface area contributed by atoms with E-state index in [4.69, 9.17) is 0 Å².